The molecule has 0 aliphatic carbocycles. The average Bonchev–Trinajstić information content (AvgIpc) is 2.77. The van der Waals surface area contributed by atoms with Crippen molar-refractivity contribution >= 4 is 33.0 Å². The maximum Gasteiger partial charge on any atom is 0.186 e. The lowest BCUT2D eigenvalue weighted by Gasteiger charge is -2.15. The maximum absolute atomic E-state index is 11.8. The molecule has 0 saturated heterocycles. The molecule has 0 radical (unpaired) electrons. The van der Waals surface area contributed by atoms with Gasteiger partial charge in [-0.15, -0.1) is 11.3 Å². The van der Waals surface area contributed by atoms with E-state index < -0.39 is 0 Å². The molecule has 0 amide bonds. The average molecular weight is 293 g/mol. The van der Waals surface area contributed by atoms with E-state index in [9.17, 15) is 4.79 Å². The lowest BCUT2D eigenvalue weighted by molar-refractivity contribution is -0.104. The quantitative estimate of drug-likeness (QED) is 0.459. The largest absolute Gasteiger partial charge is 0.356 e. The summed E-state index contributed by atoms with van der Waals surface area (Å²) in [4.78, 5) is 12.3. The third-order valence-electron chi connectivity index (χ3n) is 1.97. The Kier molecular flexibility index (Phi) is 5.45. The SMILES string of the molecule is COC(CC(Br)C(=O)c1cccs1)OC. The highest BCUT2D eigenvalue weighted by molar-refractivity contribution is 9.10. The summed E-state index contributed by atoms with van der Waals surface area (Å²) in [5.74, 6) is 0.0732. The Bertz CT molecular complexity index is 296. The number of halogens is 1. The third-order valence-corrected chi connectivity index (χ3v) is 3.65. The number of hydrogen-bond donors (Lipinski definition) is 0. The first-order valence-electron chi connectivity index (χ1n) is 4.46. The fraction of sp³-hybridized carbons (Fsp3) is 0.500. The van der Waals surface area contributed by atoms with Crippen molar-refractivity contribution < 1.29 is 14.3 Å². The summed E-state index contributed by atoms with van der Waals surface area (Å²) in [6, 6.07) is 3.68. The van der Waals surface area contributed by atoms with Gasteiger partial charge >= 0.3 is 0 Å². The molecule has 1 heterocycles. The highest BCUT2D eigenvalue weighted by Crippen LogP contribution is 2.19. The van der Waals surface area contributed by atoms with Crippen molar-refractivity contribution in [1.29, 1.82) is 0 Å². The number of ether oxygens (including phenoxy) is 2. The van der Waals surface area contributed by atoms with Gasteiger partial charge < -0.3 is 9.47 Å². The zero-order valence-electron chi connectivity index (χ0n) is 8.60. The van der Waals surface area contributed by atoms with Gasteiger partial charge in [0, 0.05) is 20.6 Å². The number of thiophene rings is 1. The smallest absolute Gasteiger partial charge is 0.186 e. The predicted octanol–water partition coefficient (Wildman–Crippen LogP) is 2.70. The zero-order valence-corrected chi connectivity index (χ0v) is 11.0. The van der Waals surface area contributed by atoms with Crippen molar-refractivity contribution in [3.8, 4) is 0 Å². The van der Waals surface area contributed by atoms with Crippen LogP contribution in [-0.4, -0.2) is 31.1 Å². The first-order chi connectivity index (χ1) is 7.19. The number of alkyl halides is 1. The fourth-order valence-electron chi connectivity index (χ4n) is 1.14. The van der Waals surface area contributed by atoms with Crippen molar-refractivity contribution in [3.63, 3.8) is 0 Å². The summed E-state index contributed by atoms with van der Waals surface area (Å²) in [6.07, 6.45) is 0.155. The first-order valence-corrected chi connectivity index (χ1v) is 6.26. The van der Waals surface area contributed by atoms with Crippen LogP contribution in [0.25, 0.3) is 0 Å². The Hall–Kier alpha value is -0.230. The summed E-state index contributed by atoms with van der Waals surface area (Å²) in [7, 11) is 3.12. The molecular formula is C10H13BrO3S. The zero-order chi connectivity index (χ0) is 11.3. The maximum atomic E-state index is 11.8. The van der Waals surface area contributed by atoms with E-state index in [1.165, 1.54) is 11.3 Å². The second-order valence-electron chi connectivity index (χ2n) is 2.95. The molecule has 0 spiro atoms. The van der Waals surface area contributed by atoms with Gasteiger partial charge in [0.05, 0.1) is 9.70 Å². The molecule has 0 aliphatic rings. The van der Waals surface area contributed by atoms with Gasteiger partial charge in [0.2, 0.25) is 0 Å². The van der Waals surface area contributed by atoms with E-state index in [1.54, 1.807) is 14.2 Å². The van der Waals surface area contributed by atoms with Crippen LogP contribution in [-0.2, 0) is 9.47 Å². The first kappa shape index (κ1) is 12.8. The molecule has 1 unspecified atom stereocenters. The Morgan fingerprint density at radius 1 is 1.53 bits per heavy atom. The normalized spacial score (nSPS) is 13.1. The number of rotatable bonds is 6. The van der Waals surface area contributed by atoms with Crippen LogP contribution in [0.1, 0.15) is 16.1 Å². The van der Waals surface area contributed by atoms with Crippen LogP contribution in [0.3, 0.4) is 0 Å². The second kappa shape index (κ2) is 6.37. The van der Waals surface area contributed by atoms with Crippen LogP contribution < -0.4 is 0 Å². The minimum Gasteiger partial charge on any atom is -0.356 e. The third kappa shape index (κ3) is 3.68. The molecule has 0 aromatic carbocycles. The Balaban J connectivity index is 2.53. The van der Waals surface area contributed by atoms with E-state index in [1.807, 2.05) is 17.5 Å². The minimum atomic E-state index is -0.349. The van der Waals surface area contributed by atoms with Gasteiger partial charge in [-0.3, -0.25) is 4.79 Å². The highest BCUT2D eigenvalue weighted by Gasteiger charge is 2.21. The molecule has 0 N–H and O–H groups in total. The predicted molar refractivity (Wildman–Crippen MR) is 63.8 cm³/mol. The summed E-state index contributed by atoms with van der Waals surface area (Å²) < 4.78 is 10.1. The summed E-state index contributed by atoms with van der Waals surface area (Å²) in [5.41, 5.74) is 0. The Morgan fingerprint density at radius 3 is 2.67 bits per heavy atom. The van der Waals surface area contributed by atoms with Crippen LogP contribution in [0.2, 0.25) is 0 Å². The second-order valence-corrected chi connectivity index (χ2v) is 5.00. The molecule has 1 aromatic rings. The molecule has 0 bridgehead atoms. The van der Waals surface area contributed by atoms with E-state index in [2.05, 4.69) is 15.9 Å². The monoisotopic (exact) mass is 292 g/mol. The fourth-order valence-corrected chi connectivity index (χ4v) is 2.56. The number of hydrogen-bond acceptors (Lipinski definition) is 4. The molecule has 1 atom stereocenters. The molecule has 84 valence electrons. The summed E-state index contributed by atoms with van der Waals surface area (Å²) in [5, 5.41) is 1.89. The molecule has 0 fully saturated rings. The molecular weight excluding hydrogens is 280 g/mol. The van der Waals surface area contributed by atoms with Gasteiger partial charge in [0.15, 0.2) is 12.1 Å². The molecule has 15 heavy (non-hydrogen) atoms. The molecule has 5 heteroatoms. The van der Waals surface area contributed by atoms with Crippen LogP contribution in [0, 0.1) is 0 Å². The van der Waals surface area contributed by atoms with Gasteiger partial charge in [-0.25, -0.2) is 0 Å². The lowest BCUT2D eigenvalue weighted by Crippen LogP contribution is -2.23. The van der Waals surface area contributed by atoms with E-state index in [-0.39, 0.29) is 16.9 Å². The molecule has 0 saturated carbocycles. The lowest BCUT2D eigenvalue weighted by atomic mass is 10.2. The summed E-state index contributed by atoms with van der Waals surface area (Å²) >= 11 is 4.78. The van der Waals surface area contributed by atoms with Gasteiger partial charge in [0.25, 0.3) is 0 Å². The van der Waals surface area contributed by atoms with Crippen molar-refractivity contribution in [2.75, 3.05) is 14.2 Å². The number of Topliss-reactive ketones (excluding diaryl/α,β-unsaturated/α-hetero) is 1. The standard InChI is InChI=1S/C10H13BrO3S/c1-13-9(14-2)6-7(11)10(12)8-4-3-5-15-8/h3-5,7,9H,6H2,1-2H3. The van der Waals surface area contributed by atoms with Crippen molar-refractivity contribution in [2.24, 2.45) is 0 Å². The number of carbonyl (C=O) groups excluding carboxylic acids is 1. The molecule has 0 aliphatic heterocycles. The topological polar surface area (TPSA) is 35.5 Å². The van der Waals surface area contributed by atoms with Crippen LogP contribution >= 0.6 is 27.3 Å². The Morgan fingerprint density at radius 2 is 2.20 bits per heavy atom. The minimum absolute atomic E-state index is 0.0732. The summed E-state index contributed by atoms with van der Waals surface area (Å²) in [6.45, 7) is 0. The van der Waals surface area contributed by atoms with Crippen molar-refractivity contribution in [1.82, 2.24) is 0 Å². The van der Waals surface area contributed by atoms with E-state index >= 15 is 0 Å². The van der Waals surface area contributed by atoms with Gasteiger partial charge in [0.1, 0.15) is 0 Å². The van der Waals surface area contributed by atoms with Crippen molar-refractivity contribution in [2.45, 2.75) is 17.5 Å². The van der Waals surface area contributed by atoms with Gasteiger partial charge in [-0.05, 0) is 11.4 Å². The highest BCUT2D eigenvalue weighted by atomic mass is 79.9. The Labute approximate surface area is 102 Å². The van der Waals surface area contributed by atoms with Gasteiger partial charge in [-0.1, -0.05) is 22.0 Å². The number of methoxy groups -OCH3 is 2. The van der Waals surface area contributed by atoms with Gasteiger partial charge in [-0.2, -0.15) is 0 Å². The van der Waals surface area contributed by atoms with Crippen molar-refractivity contribution in [3.05, 3.63) is 22.4 Å². The van der Waals surface area contributed by atoms with E-state index in [0.717, 1.165) is 4.88 Å². The van der Waals surface area contributed by atoms with E-state index in [4.69, 9.17) is 9.47 Å². The molecule has 1 rings (SSSR count). The van der Waals surface area contributed by atoms with Crippen LogP contribution in [0.4, 0.5) is 0 Å². The molecule has 1 aromatic heterocycles. The number of carbonyl (C=O) groups is 1. The van der Waals surface area contributed by atoms with Crippen LogP contribution in [0.5, 0.6) is 0 Å². The van der Waals surface area contributed by atoms with Crippen LogP contribution in [0.15, 0.2) is 17.5 Å². The van der Waals surface area contributed by atoms with E-state index in [0.29, 0.717) is 6.42 Å². The molecule has 3 nitrogen and oxygen atoms in total. The number of ketones is 1.